The Morgan fingerprint density at radius 1 is 1.41 bits per heavy atom. The standard InChI is InChI=1S/C11H12BrN3S2/c1-6(13)8-3-4-10(9(12)5-8)17-11-15-14-7(2)16-11/h3-6H,13H2,1-2H3. The van der Waals surface area contributed by atoms with Crippen molar-refractivity contribution in [3.63, 3.8) is 0 Å². The van der Waals surface area contributed by atoms with Crippen LogP contribution in [-0.2, 0) is 0 Å². The molecule has 0 fully saturated rings. The predicted octanol–water partition coefficient (Wildman–Crippen LogP) is 3.78. The first-order chi connectivity index (χ1) is 8.06. The molecule has 2 N–H and O–H groups in total. The van der Waals surface area contributed by atoms with Crippen LogP contribution in [0, 0.1) is 6.92 Å². The second kappa shape index (κ2) is 5.48. The number of hydrogen-bond donors (Lipinski definition) is 1. The molecule has 17 heavy (non-hydrogen) atoms. The molecule has 2 rings (SSSR count). The summed E-state index contributed by atoms with van der Waals surface area (Å²) in [6.07, 6.45) is 0. The zero-order valence-electron chi connectivity index (χ0n) is 9.48. The second-order valence-electron chi connectivity index (χ2n) is 3.67. The Labute approximate surface area is 117 Å². The van der Waals surface area contributed by atoms with E-state index in [1.54, 1.807) is 23.1 Å². The van der Waals surface area contributed by atoms with E-state index >= 15 is 0 Å². The maximum atomic E-state index is 5.84. The summed E-state index contributed by atoms with van der Waals surface area (Å²) in [4.78, 5) is 1.13. The highest BCUT2D eigenvalue weighted by Gasteiger charge is 2.08. The Morgan fingerprint density at radius 3 is 2.71 bits per heavy atom. The molecule has 1 aromatic carbocycles. The summed E-state index contributed by atoms with van der Waals surface area (Å²) in [6.45, 7) is 3.93. The van der Waals surface area contributed by atoms with E-state index in [4.69, 9.17) is 5.73 Å². The average Bonchev–Trinajstić information content (AvgIpc) is 2.67. The average molecular weight is 330 g/mol. The summed E-state index contributed by atoms with van der Waals surface area (Å²) < 4.78 is 2.00. The van der Waals surface area contributed by atoms with Crippen LogP contribution in [0.1, 0.15) is 23.5 Å². The van der Waals surface area contributed by atoms with E-state index in [1.807, 2.05) is 19.9 Å². The molecule has 90 valence electrons. The van der Waals surface area contributed by atoms with E-state index in [0.29, 0.717) is 0 Å². The van der Waals surface area contributed by atoms with Gasteiger partial charge in [-0.2, -0.15) is 0 Å². The lowest BCUT2D eigenvalue weighted by atomic mass is 10.1. The quantitative estimate of drug-likeness (QED) is 0.930. The molecule has 1 aromatic heterocycles. The van der Waals surface area contributed by atoms with Gasteiger partial charge in [0.05, 0.1) is 0 Å². The minimum atomic E-state index is 0.0501. The molecular formula is C11H12BrN3S2. The lowest BCUT2D eigenvalue weighted by Crippen LogP contribution is -2.04. The molecule has 3 nitrogen and oxygen atoms in total. The smallest absolute Gasteiger partial charge is 0.179 e. The minimum Gasteiger partial charge on any atom is -0.324 e. The SMILES string of the molecule is Cc1nnc(Sc2ccc(C(C)N)cc2Br)s1. The minimum absolute atomic E-state index is 0.0501. The van der Waals surface area contributed by atoms with Crippen LogP contribution in [0.2, 0.25) is 0 Å². The first-order valence-corrected chi connectivity index (χ1v) is 7.52. The maximum Gasteiger partial charge on any atom is 0.179 e. The van der Waals surface area contributed by atoms with Crippen molar-refractivity contribution in [2.45, 2.75) is 29.1 Å². The molecule has 1 heterocycles. The predicted molar refractivity (Wildman–Crippen MR) is 75.5 cm³/mol. The van der Waals surface area contributed by atoms with Crippen LogP contribution in [-0.4, -0.2) is 10.2 Å². The normalized spacial score (nSPS) is 12.7. The molecule has 0 aliphatic heterocycles. The first-order valence-electron chi connectivity index (χ1n) is 5.09. The molecule has 2 aromatic rings. The van der Waals surface area contributed by atoms with E-state index in [9.17, 15) is 0 Å². The number of benzene rings is 1. The van der Waals surface area contributed by atoms with Gasteiger partial charge in [-0.1, -0.05) is 29.2 Å². The molecule has 0 radical (unpaired) electrons. The molecule has 0 amide bonds. The van der Waals surface area contributed by atoms with Crippen LogP contribution in [0.25, 0.3) is 0 Å². The highest BCUT2D eigenvalue weighted by atomic mass is 79.9. The van der Waals surface area contributed by atoms with Gasteiger partial charge in [-0.15, -0.1) is 10.2 Å². The number of rotatable bonds is 3. The number of nitrogens with zero attached hydrogens (tertiary/aromatic N) is 2. The fourth-order valence-corrected chi connectivity index (χ4v) is 3.71. The van der Waals surface area contributed by atoms with Crippen molar-refractivity contribution in [3.8, 4) is 0 Å². The topological polar surface area (TPSA) is 51.8 Å². The zero-order valence-corrected chi connectivity index (χ0v) is 12.7. The Balaban J connectivity index is 2.22. The fraction of sp³-hybridized carbons (Fsp3) is 0.273. The number of aromatic nitrogens is 2. The summed E-state index contributed by atoms with van der Waals surface area (Å²) >= 11 is 6.77. The second-order valence-corrected chi connectivity index (χ2v) is 6.99. The Bertz CT molecular complexity index is 525. The van der Waals surface area contributed by atoms with Crippen molar-refractivity contribution < 1.29 is 0 Å². The van der Waals surface area contributed by atoms with Crippen molar-refractivity contribution >= 4 is 39.0 Å². The van der Waals surface area contributed by atoms with Crippen molar-refractivity contribution in [2.24, 2.45) is 5.73 Å². The highest BCUT2D eigenvalue weighted by Crippen LogP contribution is 2.35. The van der Waals surface area contributed by atoms with Gasteiger partial charge >= 0.3 is 0 Å². The van der Waals surface area contributed by atoms with Crippen LogP contribution < -0.4 is 5.73 Å². The number of halogens is 1. The summed E-state index contributed by atoms with van der Waals surface area (Å²) in [5.74, 6) is 0. The van der Waals surface area contributed by atoms with Crippen LogP contribution >= 0.6 is 39.0 Å². The monoisotopic (exact) mass is 329 g/mol. The third kappa shape index (κ3) is 3.28. The lowest BCUT2D eigenvalue weighted by Gasteiger charge is -2.08. The molecule has 0 saturated carbocycles. The highest BCUT2D eigenvalue weighted by molar-refractivity contribution is 9.10. The largest absolute Gasteiger partial charge is 0.324 e. The maximum absolute atomic E-state index is 5.84. The molecule has 0 aliphatic rings. The van der Waals surface area contributed by atoms with Crippen molar-refractivity contribution in [1.82, 2.24) is 10.2 Å². The van der Waals surface area contributed by atoms with E-state index in [-0.39, 0.29) is 6.04 Å². The molecule has 0 aliphatic carbocycles. The van der Waals surface area contributed by atoms with Gasteiger partial charge in [0, 0.05) is 15.4 Å². The Kier molecular flexibility index (Phi) is 4.19. The lowest BCUT2D eigenvalue weighted by molar-refractivity contribution is 0.815. The van der Waals surface area contributed by atoms with Crippen LogP contribution in [0.5, 0.6) is 0 Å². The molecule has 0 saturated heterocycles. The van der Waals surface area contributed by atoms with Gasteiger partial charge in [0.25, 0.3) is 0 Å². The molecule has 1 unspecified atom stereocenters. The van der Waals surface area contributed by atoms with Crippen LogP contribution in [0.3, 0.4) is 0 Å². The van der Waals surface area contributed by atoms with E-state index < -0.39 is 0 Å². The summed E-state index contributed by atoms with van der Waals surface area (Å²) in [6, 6.07) is 6.21. The number of aryl methyl sites for hydroxylation is 1. The summed E-state index contributed by atoms with van der Waals surface area (Å²) in [5.41, 5.74) is 6.96. The molecular weight excluding hydrogens is 318 g/mol. The van der Waals surface area contributed by atoms with E-state index in [1.165, 1.54) is 0 Å². The van der Waals surface area contributed by atoms with Crippen molar-refractivity contribution in [3.05, 3.63) is 33.2 Å². The van der Waals surface area contributed by atoms with Crippen LogP contribution in [0.4, 0.5) is 0 Å². The fourth-order valence-electron chi connectivity index (χ4n) is 1.30. The summed E-state index contributed by atoms with van der Waals surface area (Å²) in [7, 11) is 0. The molecule has 0 bridgehead atoms. The summed E-state index contributed by atoms with van der Waals surface area (Å²) in [5, 5.41) is 9.08. The van der Waals surface area contributed by atoms with E-state index in [2.05, 4.69) is 38.3 Å². The van der Waals surface area contributed by atoms with Crippen molar-refractivity contribution in [1.29, 1.82) is 0 Å². The van der Waals surface area contributed by atoms with E-state index in [0.717, 1.165) is 24.3 Å². The van der Waals surface area contributed by atoms with Gasteiger partial charge in [-0.25, -0.2) is 0 Å². The van der Waals surface area contributed by atoms with Gasteiger partial charge in [0.2, 0.25) is 0 Å². The van der Waals surface area contributed by atoms with Gasteiger partial charge in [-0.05, 0) is 47.5 Å². The number of nitrogens with two attached hydrogens (primary N) is 1. The third-order valence-corrected chi connectivity index (χ3v) is 5.07. The van der Waals surface area contributed by atoms with Gasteiger partial charge < -0.3 is 5.73 Å². The molecule has 6 heteroatoms. The van der Waals surface area contributed by atoms with Gasteiger partial charge in [0.15, 0.2) is 4.34 Å². The number of hydrogen-bond acceptors (Lipinski definition) is 5. The Morgan fingerprint density at radius 2 is 2.18 bits per heavy atom. The molecule has 0 spiro atoms. The van der Waals surface area contributed by atoms with Gasteiger partial charge in [0.1, 0.15) is 5.01 Å². The molecule has 1 atom stereocenters. The Hall–Kier alpha value is -0.430. The van der Waals surface area contributed by atoms with Crippen molar-refractivity contribution in [2.75, 3.05) is 0 Å². The third-order valence-electron chi connectivity index (χ3n) is 2.19. The van der Waals surface area contributed by atoms with Gasteiger partial charge in [-0.3, -0.25) is 0 Å². The first kappa shape index (κ1) is 13.0. The zero-order chi connectivity index (χ0) is 12.4. The van der Waals surface area contributed by atoms with Crippen LogP contribution in [0.15, 0.2) is 31.9 Å².